The molecular formula is C23H28ClN3O4. The van der Waals surface area contributed by atoms with E-state index >= 15 is 0 Å². The van der Waals surface area contributed by atoms with E-state index in [0.717, 1.165) is 11.5 Å². The van der Waals surface area contributed by atoms with E-state index in [1.807, 2.05) is 46.2 Å². The van der Waals surface area contributed by atoms with E-state index in [-0.39, 0.29) is 18.4 Å². The van der Waals surface area contributed by atoms with Crippen LogP contribution in [0, 0.1) is 0 Å². The number of nitrogens with zero attached hydrogens (tertiary/aromatic N) is 2. The van der Waals surface area contributed by atoms with Crippen LogP contribution in [-0.4, -0.2) is 68.1 Å². The number of para-hydroxylation sites is 1. The topological polar surface area (TPSA) is 71.1 Å². The molecule has 7 nitrogen and oxygen atoms in total. The number of carbonyl (C=O) groups is 2. The lowest BCUT2D eigenvalue weighted by Gasteiger charge is -2.34. The van der Waals surface area contributed by atoms with Crippen LogP contribution in [0.15, 0.2) is 48.5 Å². The van der Waals surface area contributed by atoms with Gasteiger partial charge in [-0.1, -0.05) is 23.7 Å². The Kier molecular flexibility index (Phi) is 8.55. The van der Waals surface area contributed by atoms with Gasteiger partial charge in [-0.15, -0.1) is 0 Å². The van der Waals surface area contributed by atoms with E-state index in [9.17, 15) is 9.59 Å². The fourth-order valence-corrected chi connectivity index (χ4v) is 3.54. The Morgan fingerprint density at radius 3 is 2.35 bits per heavy atom. The number of amides is 2. The highest BCUT2D eigenvalue weighted by Gasteiger charge is 2.22. The molecule has 1 aliphatic heterocycles. The van der Waals surface area contributed by atoms with Crippen molar-refractivity contribution in [3.8, 4) is 11.5 Å². The summed E-state index contributed by atoms with van der Waals surface area (Å²) >= 11 is 6.08. The van der Waals surface area contributed by atoms with E-state index in [4.69, 9.17) is 21.1 Å². The summed E-state index contributed by atoms with van der Waals surface area (Å²) in [5.74, 6) is 1.56. The summed E-state index contributed by atoms with van der Waals surface area (Å²) in [4.78, 5) is 28.6. The molecule has 0 aromatic heterocycles. The Morgan fingerprint density at radius 1 is 1.00 bits per heavy atom. The summed E-state index contributed by atoms with van der Waals surface area (Å²) in [7, 11) is 1.62. The molecule has 0 saturated carbocycles. The largest absolute Gasteiger partial charge is 0.497 e. The van der Waals surface area contributed by atoms with Gasteiger partial charge in [0.15, 0.2) is 0 Å². The van der Waals surface area contributed by atoms with E-state index in [0.29, 0.717) is 56.3 Å². The van der Waals surface area contributed by atoms with Crippen LogP contribution in [0.5, 0.6) is 11.5 Å². The molecule has 2 aromatic carbocycles. The number of piperazine rings is 1. The predicted molar refractivity (Wildman–Crippen MR) is 121 cm³/mol. The molecule has 31 heavy (non-hydrogen) atoms. The van der Waals surface area contributed by atoms with Gasteiger partial charge in [0.25, 0.3) is 0 Å². The average molecular weight is 446 g/mol. The molecule has 1 saturated heterocycles. The van der Waals surface area contributed by atoms with E-state index in [1.165, 1.54) is 0 Å². The minimum atomic E-state index is -0.108. The average Bonchev–Trinajstić information content (AvgIpc) is 2.79. The zero-order valence-electron chi connectivity index (χ0n) is 17.7. The highest BCUT2D eigenvalue weighted by Crippen LogP contribution is 2.20. The maximum absolute atomic E-state index is 12.4. The van der Waals surface area contributed by atoms with Crippen molar-refractivity contribution < 1.29 is 19.1 Å². The van der Waals surface area contributed by atoms with E-state index in [2.05, 4.69) is 5.32 Å². The zero-order chi connectivity index (χ0) is 22.1. The first-order valence-electron chi connectivity index (χ1n) is 10.4. The molecule has 0 radical (unpaired) electrons. The molecule has 2 aromatic rings. The second-order valence-corrected chi connectivity index (χ2v) is 7.72. The number of rotatable bonds is 9. The number of benzene rings is 2. The number of carbonyl (C=O) groups excluding carboxylic acids is 2. The summed E-state index contributed by atoms with van der Waals surface area (Å²) in [6.07, 6.45) is 1.11. The van der Waals surface area contributed by atoms with Gasteiger partial charge >= 0.3 is 0 Å². The second kappa shape index (κ2) is 11.6. The lowest BCUT2D eigenvalue weighted by atomic mass is 10.2. The van der Waals surface area contributed by atoms with Gasteiger partial charge in [-0.3, -0.25) is 14.5 Å². The van der Waals surface area contributed by atoms with Gasteiger partial charge in [0.1, 0.15) is 11.5 Å². The molecule has 2 amide bonds. The SMILES string of the molecule is COc1ccc(OCCCC(=O)N2CCN(CC(=O)Nc3ccccc3Cl)CC2)cc1. The Balaban J connectivity index is 1.32. The normalized spacial score (nSPS) is 14.2. The molecule has 1 fully saturated rings. The van der Waals surface area contributed by atoms with Crippen LogP contribution >= 0.6 is 11.6 Å². The van der Waals surface area contributed by atoms with Crippen molar-refractivity contribution >= 4 is 29.1 Å². The minimum Gasteiger partial charge on any atom is -0.497 e. The van der Waals surface area contributed by atoms with Crippen LogP contribution in [0.4, 0.5) is 5.69 Å². The van der Waals surface area contributed by atoms with Crippen molar-refractivity contribution in [1.29, 1.82) is 0 Å². The number of hydrogen-bond donors (Lipinski definition) is 1. The summed E-state index contributed by atoms with van der Waals surface area (Å²) in [5, 5.41) is 3.35. The lowest BCUT2D eigenvalue weighted by molar-refractivity contribution is -0.133. The number of hydrogen-bond acceptors (Lipinski definition) is 5. The van der Waals surface area contributed by atoms with Crippen molar-refractivity contribution in [1.82, 2.24) is 9.80 Å². The smallest absolute Gasteiger partial charge is 0.238 e. The third-order valence-corrected chi connectivity index (χ3v) is 5.43. The number of nitrogens with one attached hydrogen (secondary N) is 1. The van der Waals surface area contributed by atoms with Gasteiger partial charge in [0.05, 0.1) is 31.0 Å². The van der Waals surface area contributed by atoms with Gasteiger partial charge in [0, 0.05) is 32.6 Å². The zero-order valence-corrected chi connectivity index (χ0v) is 18.4. The molecule has 3 rings (SSSR count). The third kappa shape index (κ3) is 7.15. The predicted octanol–water partition coefficient (Wildman–Crippen LogP) is 3.29. The van der Waals surface area contributed by atoms with Crippen LogP contribution in [0.25, 0.3) is 0 Å². The van der Waals surface area contributed by atoms with Gasteiger partial charge in [-0.05, 0) is 42.8 Å². The maximum Gasteiger partial charge on any atom is 0.238 e. The summed E-state index contributed by atoms with van der Waals surface area (Å²) in [5.41, 5.74) is 0.611. The number of methoxy groups -OCH3 is 1. The number of halogens is 1. The fraction of sp³-hybridized carbons (Fsp3) is 0.391. The highest BCUT2D eigenvalue weighted by molar-refractivity contribution is 6.33. The van der Waals surface area contributed by atoms with Crippen molar-refractivity contribution in [2.45, 2.75) is 12.8 Å². The van der Waals surface area contributed by atoms with Crippen LogP contribution < -0.4 is 14.8 Å². The molecule has 1 heterocycles. The molecule has 1 aliphatic rings. The Bertz CT molecular complexity index is 867. The fourth-order valence-electron chi connectivity index (χ4n) is 3.35. The van der Waals surface area contributed by atoms with Crippen LogP contribution in [-0.2, 0) is 9.59 Å². The Labute approximate surface area is 187 Å². The van der Waals surface area contributed by atoms with Gasteiger partial charge < -0.3 is 19.7 Å². The van der Waals surface area contributed by atoms with Gasteiger partial charge in [-0.25, -0.2) is 0 Å². The molecule has 8 heteroatoms. The van der Waals surface area contributed by atoms with Crippen LogP contribution in [0.3, 0.4) is 0 Å². The number of ether oxygens (including phenoxy) is 2. The minimum absolute atomic E-state index is 0.108. The highest BCUT2D eigenvalue weighted by atomic mass is 35.5. The quantitative estimate of drug-likeness (QED) is 0.600. The molecule has 0 spiro atoms. The monoisotopic (exact) mass is 445 g/mol. The Hall–Kier alpha value is -2.77. The molecule has 0 atom stereocenters. The first kappa shape index (κ1) is 22.9. The van der Waals surface area contributed by atoms with Crippen LogP contribution in [0.1, 0.15) is 12.8 Å². The summed E-state index contributed by atoms with van der Waals surface area (Å²) in [6, 6.07) is 14.5. The Morgan fingerprint density at radius 2 is 1.68 bits per heavy atom. The molecule has 0 unspecified atom stereocenters. The molecule has 0 bridgehead atoms. The number of anilines is 1. The molecule has 0 aliphatic carbocycles. The van der Waals surface area contributed by atoms with E-state index < -0.39 is 0 Å². The standard InChI is InChI=1S/C23H28ClN3O4/c1-30-18-8-10-19(11-9-18)31-16-4-7-23(29)27-14-12-26(13-15-27)17-22(28)25-21-6-3-2-5-20(21)24/h2-3,5-6,8-11H,4,7,12-17H2,1H3,(H,25,28). The second-order valence-electron chi connectivity index (χ2n) is 7.31. The molecule has 166 valence electrons. The molecular weight excluding hydrogens is 418 g/mol. The van der Waals surface area contributed by atoms with Gasteiger partial charge in [-0.2, -0.15) is 0 Å². The summed E-state index contributed by atoms with van der Waals surface area (Å²) in [6.45, 7) is 3.35. The van der Waals surface area contributed by atoms with E-state index in [1.54, 1.807) is 19.2 Å². The molecule has 1 N–H and O–H groups in total. The van der Waals surface area contributed by atoms with Crippen molar-refractivity contribution in [2.24, 2.45) is 0 Å². The first-order valence-corrected chi connectivity index (χ1v) is 10.7. The van der Waals surface area contributed by atoms with Crippen LogP contribution in [0.2, 0.25) is 5.02 Å². The van der Waals surface area contributed by atoms with Gasteiger partial charge in [0.2, 0.25) is 11.8 Å². The van der Waals surface area contributed by atoms with Crippen molar-refractivity contribution in [3.05, 3.63) is 53.6 Å². The maximum atomic E-state index is 12.4. The third-order valence-electron chi connectivity index (χ3n) is 5.10. The summed E-state index contributed by atoms with van der Waals surface area (Å²) < 4.78 is 10.8. The first-order chi connectivity index (χ1) is 15.0. The lowest BCUT2D eigenvalue weighted by Crippen LogP contribution is -2.50. The van der Waals surface area contributed by atoms with Crippen molar-refractivity contribution in [2.75, 3.05) is 51.8 Å². The van der Waals surface area contributed by atoms with Crippen molar-refractivity contribution in [3.63, 3.8) is 0 Å².